The van der Waals surface area contributed by atoms with E-state index < -0.39 is 41.3 Å². The van der Waals surface area contributed by atoms with Crippen molar-refractivity contribution in [3.8, 4) is 0 Å². The highest BCUT2D eigenvalue weighted by Crippen LogP contribution is 2.28. The number of carbonyl (C=O) groups is 6. The summed E-state index contributed by atoms with van der Waals surface area (Å²) in [6.45, 7) is 0.312. The number of benzene rings is 2. The highest BCUT2D eigenvalue weighted by molar-refractivity contribution is 9.10. The van der Waals surface area contributed by atoms with Crippen LogP contribution in [0.25, 0.3) is 17.1 Å². The Morgan fingerprint density at radius 1 is 0.900 bits per heavy atom. The van der Waals surface area contributed by atoms with E-state index in [-0.39, 0.29) is 43.9 Å². The van der Waals surface area contributed by atoms with Crippen LogP contribution in [0.15, 0.2) is 77.5 Å². The lowest BCUT2D eigenvalue weighted by molar-refractivity contribution is -0.138. The highest BCUT2D eigenvalue weighted by Gasteiger charge is 2.41. The van der Waals surface area contributed by atoms with Crippen molar-refractivity contribution in [2.24, 2.45) is 5.73 Å². The van der Waals surface area contributed by atoms with Crippen LogP contribution in [0.4, 0.5) is 11.6 Å². The van der Waals surface area contributed by atoms with E-state index in [9.17, 15) is 33.9 Å². The fourth-order valence-electron chi connectivity index (χ4n) is 7.03. The minimum absolute atomic E-state index is 0.0169. The summed E-state index contributed by atoms with van der Waals surface area (Å²) in [6.07, 6.45) is 10.7. The number of nitrogens with one attached hydrogen (secondary N) is 6. The number of carboxylic acid groups (broad SMARTS) is 1. The fraction of sp³-hybridized carbons (Fsp3) is 0.395. The van der Waals surface area contributed by atoms with E-state index in [0.717, 1.165) is 38.7 Å². The number of carbonyl (C=O) groups excluding carboxylic acids is 5. The molecule has 0 bridgehead atoms. The molecule has 0 saturated heterocycles. The van der Waals surface area contributed by atoms with Crippen LogP contribution in [0, 0.1) is 0 Å². The van der Waals surface area contributed by atoms with Crippen molar-refractivity contribution in [1.29, 1.82) is 0 Å². The minimum atomic E-state index is -1.27. The van der Waals surface area contributed by atoms with Gasteiger partial charge in [0, 0.05) is 48.0 Å². The number of H-pyrrole nitrogens is 1. The summed E-state index contributed by atoms with van der Waals surface area (Å²) in [4.78, 5) is 89.0. The Morgan fingerprint density at radius 3 is 2.37 bits per heavy atom. The average molecular weight is 887 g/mol. The van der Waals surface area contributed by atoms with Gasteiger partial charge in [0.2, 0.25) is 35.5 Å². The zero-order valence-corrected chi connectivity index (χ0v) is 34.9. The molecular formula is C43H52BrN9O7. The van der Waals surface area contributed by atoms with Crippen molar-refractivity contribution < 1.29 is 33.9 Å². The number of nitrogens with zero attached hydrogens (tertiary/aromatic N) is 2. The second-order valence-corrected chi connectivity index (χ2v) is 15.9. The summed E-state index contributed by atoms with van der Waals surface area (Å²) in [7, 11) is 0. The second-order valence-electron chi connectivity index (χ2n) is 14.9. The number of primary amides is 1. The number of unbranched alkanes of at least 4 members (excludes halogenated alkanes) is 1. The molecule has 2 aromatic carbocycles. The molecule has 2 heterocycles. The number of amides is 5. The number of imidazole rings is 1. The molecular weight excluding hydrogens is 834 g/mol. The Kier molecular flexibility index (Phi) is 16.7. The van der Waals surface area contributed by atoms with Gasteiger partial charge in [0.1, 0.15) is 17.6 Å². The fourth-order valence-corrected chi connectivity index (χ4v) is 7.39. The zero-order chi connectivity index (χ0) is 42.9. The van der Waals surface area contributed by atoms with Crippen molar-refractivity contribution in [2.75, 3.05) is 11.9 Å². The summed E-state index contributed by atoms with van der Waals surface area (Å²) >= 11 is 3.46. The van der Waals surface area contributed by atoms with Crippen molar-refractivity contribution in [3.63, 3.8) is 0 Å². The molecule has 1 fully saturated rings. The minimum Gasteiger partial charge on any atom is -0.481 e. The molecule has 9 N–H and O–H groups in total. The first-order chi connectivity index (χ1) is 28.9. The normalized spacial score (nSPS) is 14.5. The molecule has 1 aliphatic rings. The van der Waals surface area contributed by atoms with Crippen LogP contribution in [-0.2, 0) is 35.2 Å². The summed E-state index contributed by atoms with van der Waals surface area (Å²) < 4.78 is 0.937. The summed E-state index contributed by atoms with van der Waals surface area (Å²) in [6, 6.07) is 14.7. The van der Waals surface area contributed by atoms with Gasteiger partial charge in [-0.3, -0.25) is 33.8 Å². The first-order valence-corrected chi connectivity index (χ1v) is 21.0. The van der Waals surface area contributed by atoms with Gasteiger partial charge < -0.3 is 42.4 Å². The number of aromatic amines is 1. The first-order valence-electron chi connectivity index (χ1n) is 20.2. The number of anilines is 2. The predicted molar refractivity (Wildman–Crippen MR) is 230 cm³/mol. The van der Waals surface area contributed by atoms with Gasteiger partial charge in [0.25, 0.3) is 0 Å². The third-order valence-corrected chi connectivity index (χ3v) is 10.8. The SMILES string of the molecule is NC(=O)C1(NC(=O)[C@H](CCCC(=O)O)NC(=O)[C@H](CCCCNC(=O)/C=C/c2cccnc2)NC(=O)CCc2ccc(Nc3nc4ccc(Br)cc4[nH]3)cc2)CCCCC1. The standard InChI is InChI=1S/C43H52BrN9O7/c44-30-16-19-32-35(26-30)52-42(51-32)48-31-17-12-28(13-18-31)14-21-37(55)49-33(9-2-5-25-47-36(54)20-15-29-8-7-24-46-27-29)39(58)50-34(10-6-11-38(56)57)40(59)53-43(41(45)60)22-3-1-4-23-43/h7-8,12-13,15-20,24,26-27,33-34H,1-6,9-11,14,21-23,25H2,(H2,45,60)(H,47,54)(H,49,55)(H,50,58)(H,53,59)(H,56,57)(H2,48,51,52)/b20-15+/t33-,34-/m0/s1. The first kappa shape index (κ1) is 45.0. The van der Waals surface area contributed by atoms with E-state index >= 15 is 0 Å². The maximum atomic E-state index is 13.9. The number of aliphatic carboxylic acids is 1. The van der Waals surface area contributed by atoms with Gasteiger partial charge in [0.05, 0.1) is 11.0 Å². The van der Waals surface area contributed by atoms with Crippen LogP contribution < -0.4 is 32.3 Å². The number of halogens is 1. The quantitative estimate of drug-likeness (QED) is 0.0391. The average Bonchev–Trinajstić information content (AvgIpc) is 3.63. The molecule has 318 valence electrons. The molecule has 16 nitrogen and oxygen atoms in total. The number of aryl methyl sites for hydroxylation is 1. The Hall–Kier alpha value is -6.10. The van der Waals surface area contributed by atoms with Gasteiger partial charge in [-0.05, 0) is 105 Å². The number of nitrogens with two attached hydrogens (primary N) is 1. The maximum absolute atomic E-state index is 13.9. The number of fused-ring (bicyclic) bond motifs is 1. The number of carboxylic acids is 1. The van der Waals surface area contributed by atoms with Crippen LogP contribution in [0.5, 0.6) is 0 Å². The van der Waals surface area contributed by atoms with Crippen molar-refractivity contribution >= 4 is 80.2 Å². The topological polar surface area (TPSA) is 250 Å². The zero-order valence-electron chi connectivity index (χ0n) is 33.3. The largest absolute Gasteiger partial charge is 0.481 e. The molecule has 2 aromatic heterocycles. The Labute approximate surface area is 356 Å². The lowest BCUT2D eigenvalue weighted by atomic mass is 9.80. The van der Waals surface area contributed by atoms with Crippen molar-refractivity contribution in [3.05, 3.63) is 88.7 Å². The van der Waals surface area contributed by atoms with Crippen LogP contribution in [-0.4, -0.2) is 79.7 Å². The van der Waals surface area contributed by atoms with E-state index in [1.807, 2.05) is 48.5 Å². The predicted octanol–water partition coefficient (Wildman–Crippen LogP) is 4.93. The van der Waals surface area contributed by atoms with Gasteiger partial charge in [-0.25, -0.2) is 4.98 Å². The number of hydrogen-bond donors (Lipinski definition) is 8. The van der Waals surface area contributed by atoms with Gasteiger partial charge in [-0.2, -0.15) is 0 Å². The monoisotopic (exact) mass is 885 g/mol. The Balaban J connectivity index is 1.20. The van der Waals surface area contributed by atoms with Crippen LogP contribution >= 0.6 is 15.9 Å². The molecule has 1 saturated carbocycles. The van der Waals surface area contributed by atoms with Gasteiger partial charge >= 0.3 is 5.97 Å². The molecule has 0 spiro atoms. The molecule has 60 heavy (non-hydrogen) atoms. The number of aromatic nitrogens is 3. The molecule has 0 unspecified atom stereocenters. The lowest BCUT2D eigenvalue weighted by Gasteiger charge is -2.36. The second kappa shape index (κ2) is 22.3. The van der Waals surface area contributed by atoms with Gasteiger partial charge in [-0.15, -0.1) is 0 Å². The molecule has 0 aliphatic heterocycles. The van der Waals surface area contributed by atoms with Crippen molar-refractivity contribution in [2.45, 2.75) is 101 Å². The van der Waals surface area contributed by atoms with E-state index in [4.69, 9.17) is 5.73 Å². The summed E-state index contributed by atoms with van der Waals surface area (Å²) in [5.74, 6) is -3.10. The molecule has 5 rings (SSSR count). The van der Waals surface area contributed by atoms with Crippen LogP contribution in [0.3, 0.4) is 0 Å². The Morgan fingerprint density at radius 2 is 1.65 bits per heavy atom. The van der Waals surface area contributed by atoms with Gasteiger partial charge in [0.15, 0.2) is 0 Å². The summed E-state index contributed by atoms with van der Waals surface area (Å²) in [5.41, 5.74) is 8.65. The van der Waals surface area contributed by atoms with Gasteiger partial charge in [-0.1, -0.05) is 53.4 Å². The van der Waals surface area contributed by atoms with Crippen LogP contribution in [0.1, 0.15) is 88.2 Å². The van der Waals surface area contributed by atoms with Crippen LogP contribution in [0.2, 0.25) is 0 Å². The van der Waals surface area contributed by atoms with E-state index in [1.165, 1.54) is 6.08 Å². The highest BCUT2D eigenvalue weighted by atomic mass is 79.9. The molecule has 2 atom stereocenters. The smallest absolute Gasteiger partial charge is 0.303 e. The molecule has 4 aromatic rings. The molecule has 17 heteroatoms. The van der Waals surface area contributed by atoms with Crippen molar-refractivity contribution in [1.82, 2.24) is 36.2 Å². The number of rotatable bonds is 22. The molecule has 5 amide bonds. The lowest BCUT2D eigenvalue weighted by Crippen LogP contribution is -2.62. The number of pyridine rings is 1. The van der Waals surface area contributed by atoms with E-state index in [1.54, 1.807) is 24.5 Å². The van der Waals surface area contributed by atoms with E-state index in [0.29, 0.717) is 57.4 Å². The molecule has 0 radical (unpaired) electrons. The third-order valence-electron chi connectivity index (χ3n) is 10.3. The Bertz CT molecular complexity index is 2140. The maximum Gasteiger partial charge on any atom is 0.303 e. The summed E-state index contributed by atoms with van der Waals surface area (Å²) in [5, 5.41) is 23.7. The third kappa shape index (κ3) is 14.0. The number of hydrogen-bond acceptors (Lipinski definition) is 9. The van der Waals surface area contributed by atoms with E-state index in [2.05, 4.69) is 57.5 Å². The molecule has 1 aliphatic carbocycles.